The predicted molar refractivity (Wildman–Crippen MR) is 149 cm³/mol. The van der Waals surface area contributed by atoms with Gasteiger partial charge in [0.15, 0.2) is 0 Å². The van der Waals surface area contributed by atoms with Gasteiger partial charge in [-0.3, -0.25) is 4.90 Å². The van der Waals surface area contributed by atoms with Crippen molar-refractivity contribution in [2.45, 2.75) is 64.3 Å². The van der Waals surface area contributed by atoms with E-state index in [0.29, 0.717) is 38.1 Å². The van der Waals surface area contributed by atoms with Crippen molar-refractivity contribution >= 4 is 0 Å². The highest BCUT2D eigenvalue weighted by atomic mass is 16.6. The number of para-hydroxylation sites is 2. The van der Waals surface area contributed by atoms with Gasteiger partial charge in [-0.1, -0.05) is 36.4 Å². The van der Waals surface area contributed by atoms with Crippen LogP contribution in [0.2, 0.25) is 0 Å². The molecule has 38 heavy (non-hydrogen) atoms. The van der Waals surface area contributed by atoms with Crippen LogP contribution < -0.4 is 14.8 Å². The molecule has 0 saturated carbocycles. The van der Waals surface area contributed by atoms with E-state index in [4.69, 9.17) is 23.7 Å². The lowest BCUT2D eigenvalue weighted by Crippen LogP contribution is -2.48. The van der Waals surface area contributed by atoms with Gasteiger partial charge in [-0.05, 0) is 52.0 Å². The van der Waals surface area contributed by atoms with Crippen LogP contribution in [0.15, 0.2) is 60.7 Å². The Balaban J connectivity index is 0.000000176. The van der Waals surface area contributed by atoms with Gasteiger partial charge in [-0.25, -0.2) is 0 Å². The van der Waals surface area contributed by atoms with E-state index < -0.39 is 6.10 Å². The summed E-state index contributed by atoms with van der Waals surface area (Å²) in [6, 6.07) is 19.4. The Morgan fingerprint density at radius 1 is 0.816 bits per heavy atom. The monoisotopic (exact) mass is 530 g/mol. The molecule has 3 aliphatic rings. The molecule has 212 valence electrons. The molecule has 2 aromatic carbocycles. The highest BCUT2D eigenvalue weighted by molar-refractivity contribution is 5.21. The lowest BCUT2D eigenvalue weighted by Gasteiger charge is -2.36. The van der Waals surface area contributed by atoms with E-state index in [1.165, 1.54) is 0 Å². The quantitative estimate of drug-likeness (QED) is 0.503. The van der Waals surface area contributed by atoms with E-state index in [2.05, 4.69) is 37.9 Å². The van der Waals surface area contributed by atoms with E-state index >= 15 is 0 Å². The van der Waals surface area contributed by atoms with Gasteiger partial charge in [-0.2, -0.15) is 0 Å². The molecule has 0 amide bonds. The first-order valence-electron chi connectivity index (χ1n) is 13.8. The first-order chi connectivity index (χ1) is 18.4. The van der Waals surface area contributed by atoms with Gasteiger partial charge in [-0.15, -0.1) is 0 Å². The highest BCUT2D eigenvalue weighted by Gasteiger charge is 2.24. The van der Waals surface area contributed by atoms with Crippen molar-refractivity contribution in [3.63, 3.8) is 0 Å². The number of morpholine rings is 2. The molecule has 6 atom stereocenters. The molecule has 5 rings (SSSR count). The van der Waals surface area contributed by atoms with Crippen molar-refractivity contribution in [1.82, 2.24) is 10.2 Å². The average Bonchev–Trinajstić information content (AvgIpc) is 3.72. The molecule has 3 fully saturated rings. The standard InChI is InChI=1S/C15H23NO3.C9H10O2.C6H13NO/c1-12-8-16(9-13(2)19-12)10-14(17)11-18-15-6-4-3-5-7-15;1-2-4-8(5-3-1)10-6-9-7-11-9;1-5-3-7-4-6(2)8-5/h3-7,12-14,17H,8-11H2,1-2H3;1-5,9H,6-7H2;5-7H,3-4H2,1-2H3. The van der Waals surface area contributed by atoms with Crippen LogP contribution in [0.4, 0.5) is 0 Å². The Hall–Kier alpha value is -2.20. The maximum absolute atomic E-state index is 10.0. The third-order valence-corrected chi connectivity index (χ3v) is 6.06. The fourth-order valence-corrected chi connectivity index (χ4v) is 4.35. The molecule has 0 bridgehead atoms. The summed E-state index contributed by atoms with van der Waals surface area (Å²) in [6.45, 7) is 14.5. The molecular weight excluding hydrogens is 484 g/mol. The topological polar surface area (TPSA) is 85.0 Å². The van der Waals surface area contributed by atoms with Crippen LogP contribution in [-0.4, -0.2) is 99.2 Å². The van der Waals surface area contributed by atoms with Crippen LogP contribution in [0.5, 0.6) is 11.5 Å². The number of rotatable bonds is 8. The summed E-state index contributed by atoms with van der Waals surface area (Å²) in [7, 11) is 0. The molecule has 3 aliphatic heterocycles. The minimum atomic E-state index is -0.474. The summed E-state index contributed by atoms with van der Waals surface area (Å²) in [5.41, 5.74) is 0. The van der Waals surface area contributed by atoms with Crippen LogP contribution in [-0.2, 0) is 14.2 Å². The zero-order valence-corrected chi connectivity index (χ0v) is 23.3. The van der Waals surface area contributed by atoms with Gasteiger partial charge >= 0.3 is 0 Å². The molecule has 8 nitrogen and oxygen atoms in total. The molecule has 2 N–H and O–H groups in total. The SMILES string of the molecule is CC1CN(CC(O)COc2ccccc2)CC(C)O1.CC1CNCC(C)O1.c1ccc(OCC2CO2)cc1. The lowest BCUT2D eigenvalue weighted by molar-refractivity contribution is -0.0786. The molecular formula is C30H46N2O6. The van der Waals surface area contributed by atoms with E-state index in [0.717, 1.165) is 44.3 Å². The fraction of sp³-hybridized carbons (Fsp3) is 0.600. The maximum Gasteiger partial charge on any atom is 0.119 e. The number of aliphatic hydroxyl groups is 1. The van der Waals surface area contributed by atoms with Crippen molar-refractivity contribution in [2.75, 3.05) is 52.5 Å². The lowest BCUT2D eigenvalue weighted by atomic mass is 10.2. The van der Waals surface area contributed by atoms with Crippen LogP contribution in [0.25, 0.3) is 0 Å². The van der Waals surface area contributed by atoms with Crippen LogP contribution >= 0.6 is 0 Å². The summed E-state index contributed by atoms with van der Waals surface area (Å²) in [4.78, 5) is 2.23. The van der Waals surface area contributed by atoms with E-state index in [-0.39, 0.29) is 12.2 Å². The van der Waals surface area contributed by atoms with Crippen molar-refractivity contribution in [3.05, 3.63) is 60.7 Å². The minimum Gasteiger partial charge on any atom is -0.491 e. The smallest absolute Gasteiger partial charge is 0.119 e. The zero-order valence-electron chi connectivity index (χ0n) is 23.3. The number of hydrogen-bond donors (Lipinski definition) is 2. The number of benzene rings is 2. The Kier molecular flexibility index (Phi) is 13.3. The molecule has 0 aromatic heterocycles. The second kappa shape index (κ2) is 16.7. The minimum absolute atomic E-state index is 0.228. The van der Waals surface area contributed by atoms with Gasteiger partial charge in [0.05, 0.1) is 31.0 Å². The summed E-state index contributed by atoms with van der Waals surface area (Å²) in [6.07, 6.45) is 1.13. The summed E-state index contributed by atoms with van der Waals surface area (Å²) in [5.74, 6) is 1.72. The van der Waals surface area contributed by atoms with E-state index in [1.807, 2.05) is 60.7 Å². The van der Waals surface area contributed by atoms with Crippen molar-refractivity contribution in [2.24, 2.45) is 0 Å². The van der Waals surface area contributed by atoms with Crippen LogP contribution in [0, 0.1) is 0 Å². The second-order valence-corrected chi connectivity index (χ2v) is 10.2. The molecule has 3 heterocycles. The first-order valence-corrected chi connectivity index (χ1v) is 13.8. The summed E-state index contributed by atoms with van der Waals surface area (Å²) in [5, 5.41) is 13.3. The van der Waals surface area contributed by atoms with Gasteiger partial charge in [0.1, 0.15) is 36.9 Å². The predicted octanol–water partition coefficient (Wildman–Crippen LogP) is 3.38. The average molecular weight is 531 g/mol. The molecule has 3 saturated heterocycles. The molecule has 0 spiro atoms. The normalized spacial score (nSPS) is 27.6. The van der Waals surface area contributed by atoms with Crippen LogP contribution in [0.3, 0.4) is 0 Å². The third-order valence-electron chi connectivity index (χ3n) is 6.06. The van der Waals surface area contributed by atoms with Crippen molar-refractivity contribution < 1.29 is 28.8 Å². The van der Waals surface area contributed by atoms with Gasteiger partial charge in [0.2, 0.25) is 0 Å². The molecule has 0 aliphatic carbocycles. The number of nitrogens with zero attached hydrogens (tertiary/aromatic N) is 1. The highest BCUT2D eigenvalue weighted by Crippen LogP contribution is 2.14. The van der Waals surface area contributed by atoms with Crippen LogP contribution in [0.1, 0.15) is 27.7 Å². The van der Waals surface area contributed by atoms with E-state index in [1.54, 1.807) is 0 Å². The zero-order chi connectivity index (χ0) is 27.2. The second-order valence-electron chi connectivity index (χ2n) is 10.2. The molecule has 6 unspecified atom stereocenters. The van der Waals surface area contributed by atoms with Crippen molar-refractivity contribution in [1.29, 1.82) is 0 Å². The van der Waals surface area contributed by atoms with Gasteiger partial charge < -0.3 is 34.1 Å². The van der Waals surface area contributed by atoms with Gasteiger partial charge in [0, 0.05) is 32.7 Å². The Bertz CT molecular complexity index is 852. The summed E-state index contributed by atoms with van der Waals surface area (Å²) < 4.78 is 27.1. The number of β-amino-alcohol motifs (C(OH)–C–C–N with tert-alkyl or cyclic N) is 1. The first kappa shape index (κ1) is 30.3. The Labute approximate surface area is 228 Å². The number of ether oxygens (including phenoxy) is 5. The third kappa shape index (κ3) is 13.0. The molecule has 2 aromatic rings. The Morgan fingerprint density at radius 3 is 1.79 bits per heavy atom. The largest absolute Gasteiger partial charge is 0.491 e. The number of nitrogens with one attached hydrogen (secondary N) is 1. The Morgan fingerprint density at radius 2 is 1.32 bits per heavy atom. The van der Waals surface area contributed by atoms with E-state index in [9.17, 15) is 5.11 Å². The van der Waals surface area contributed by atoms with Gasteiger partial charge in [0.25, 0.3) is 0 Å². The summed E-state index contributed by atoms with van der Waals surface area (Å²) >= 11 is 0. The molecule has 0 radical (unpaired) electrons. The fourth-order valence-electron chi connectivity index (χ4n) is 4.35. The number of epoxide rings is 1. The number of hydrogen-bond acceptors (Lipinski definition) is 8. The van der Waals surface area contributed by atoms with Crippen molar-refractivity contribution in [3.8, 4) is 11.5 Å². The number of aliphatic hydroxyl groups excluding tert-OH is 1. The maximum atomic E-state index is 10.0. The molecule has 8 heteroatoms.